The molecule has 0 aromatic heterocycles. The molecule has 0 heterocycles. The molecule has 82 valence electrons. The molecule has 0 unspecified atom stereocenters. The zero-order valence-corrected chi connectivity index (χ0v) is 11.0. The van der Waals surface area contributed by atoms with E-state index < -0.39 is 8.07 Å². The first-order valence-corrected chi connectivity index (χ1v) is 8.92. The largest absolute Gasteiger partial charge is 0.398 e. The Morgan fingerprint density at radius 2 is 2.00 bits per heavy atom. The SMILES string of the molecule is C[Si](C)(C)CC#Cc1cccc(N)c1C#N. The minimum atomic E-state index is -1.14. The van der Waals surface area contributed by atoms with Crippen LogP contribution in [0.25, 0.3) is 0 Å². The summed E-state index contributed by atoms with van der Waals surface area (Å²) in [6, 6.07) is 8.42. The summed E-state index contributed by atoms with van der Waals surface area (Å²) in [7, 11) is -1.14. The Morgan fingerprint density at radius 3 is 2.56 bits per heavy atom. The molecule has 2 nitrogen and oxygen atoms in total. The van der Waals surface area contributed by atoms with E-state index in [1.807, 2.05) is 12.1 Å². The molecule has 0 amide bonds. The van der Waals surface area contributed by atoms with E-state index in [0.29, 0.717) is 11.3 Å². The molecule has 0 fully saturated rings. The third-order valence-electron chi connectivity index (χ3n) is 2.05. The topological polar surface area (TPSA) is 49.8 Å². The molecule has 2 N–H and O–H groups in total. The lowest BCUT2D eigenvalue weighted by atomic mass is 10.1. The molecule has 0 aliphatic heterocycles. The standard InChI is InChI=1S/C13H16N2Si/c1-16(2,3)9-5-7-11-6-4-8-13(15)12(11)10-14/h4,6,8H,9,15H2,1-3H3. The Morgan fingerprint density at radius 1 is 1.31 bits per heavy atom. The molecule has 3 heteroatoms. The highest BCUT2D eigenvalue weighted by Gasteiger charge is 2.10. The van der Waals surface area contributed by atoms with Crippen LogP contribution in [0, 0.1) is 23.2 Å². The summed E-state index contributed by atoms with van der Waals surface area (Å²) >= 11 is 0. The van der Waals surface area contributed by atoms with Crippen molar-refractivity contribution in [1.82, 2.24) is 0 Å². The second kappa shape index (κ2) is 4.87. The first kappa shape index (κ1) is 12.4. The molecular weight excluding hydrogens is 212 g/mol. The smallest absolute Gasteiger partial charge is 0.103 e. The van der Waals surface area contributed by atoms with Gasteiger partial charge in [0.05, 0.1) is 19.3 Å². The maximum atomic E-state index is 8.97. The van der Waals surface area contributed by atoms with Crippen molar-refractivity contribution in [1.29, 1.82) is 5.26 Å². The predicted molar refractivity (Wildman–Crippen MR) is 70.6 cm³/mol. The highest BCUT2D eigenvalue weighted by molar-refractivity contribution is 6.76. The van der Waals surface area contributed by atoms with Gasteiger partial charge in [0, 0.05) is 11.6 Å². The van der Waals surface area contributed by atoms with Crippen LogP contribution in [-0.2, 0) is 0 Å². The Labute approximate surface area is 98.1 Å². The molecule has 1 aromatic rings. The molecule has 0 aliphatic carbocycles. The molecule has 0 spiro atoms. The number of anilines is 1. The normalized spacial score (nSPS) is 10.1. The number of hydrogen-bond acceptors (Lipinski definition) is 2. The predicted octanol–water partition coefficient (Wildman–Crippen LogP) is 2.83. The first-order chi connectivity index (χ1) is 7.44. The fraction of sp³-hybridized carbons (Fsp3) is 0.308. The van der Waals surface area contributed by atoms with Crippen molar-refractivity contribution in [2.45, 2.75) is 25.7 Å². The Hall–Kier alpha value is -1.71. The molecule has 0 aliphatic rings. The molecule has 0 radical (unpaired) electrons. The molecule has 1 aromatic carbocycles. The highest BCUT2D eigenvalue weighted by atomic mass is 28.3. The van der Waals surface area contributed by atoms with Gasteiger partial charge in [-0.15, -0.1) is 5.92 Å². The number of benzene rings is 1. The van der Waals surface area contributed by atoms with Crippen molar-refractivity contribution in [3.05, 3.63) is 29.3 Å². The molecule has 0 bridgehead atoms. The van der Waals surface area contributed by atoms with Crippen LogP contribution in [0.3, 0.4) is 0 Å². The maximum absolute atomic E-state index is 8.97. The average Bonchev–Trinajstić information content (AvgIpc) is 2.16. The molecule has 16 heavy (non-hydrogen) atoms. The highest BCUT2D eigenvalue weighted by Crippen LogP contribution is 2.15. The molecule has 1 rings (SSSR count). The van der Waals surface area contributed by atoms with Gasteiger partial charge in [-0.05, 0) is 12.1 Å². The van der Waals surface area contributed by atoms with E-state index in [1.165, 1.54) is 0 Å². The molecule has 0 saturated carbocycles. The minimum Gasteiger partial charge on any atom is -0.398 e. The van der Waals surface area contributed by atoms with Gasteiger partial charge in [-0.2, -0.15) is 5.26 Å². The van der Waals surface area contributed by atoms with Gasteiger partial charge >= 0.3 is 0 Å². The lowest BCUT2D eigenvalue weighted by molar-refractivity contribution is 1.46. The summed E-state index contributed by atoms with van der Waals surface area (Å²) in [5.41, 5.74) is 7.44. The summed E-state index contributed by atoms with van der Waals surface area (Å²) in [5, 5.41) is 8.97. The van der Waals surface area contributed by atoms with Crippen LogP contribution in [0.1, 0.15) is 11.1 Å². The van der Waals surface area contributed by atoms with Crippen LogP contribution >= 0.6 is 0 Å². The van der Waals surface area contributed by atoms with Gasteiger partial charge in [0.1, 0.15) is 6.07 Å². The summed E-state index contributed by atoms with van der Waals surface area (Å²) in [4.78, 5) is 0. The van der Waals surface area contributed by atoms with E-state index in [4.69, 9.17) is 11.0 Å². The summed E-state index contributed by atoms with van der Waals surface area (Å²) in [6.07, 6.45) is 0. The molecular formula is C13H16N2Si. The van der Waals surface area contributed by atoms with Gasteiger partial charge in [-0.1, -0.05) is 31.6 Å². The van der Waals surface area contributed by atoms with Crippen molar-refractivity contribution < 1.29 is 0 Å². The van der Waals surface area contributed by atoms with Crippen molar-refractivity contribution >= 4 is 13.8 Å². The van der Waals surface area contributed by atoms with Crippen molar-refractivity contribution in [2.24, 2.45) is 0 Å². The first-order valence-electron chi connectivity index (χ1n) is 5.21. The summed E-state index contributed by atoms with van der Waals surface area (Å²) in [5.74, 6) is 6.19. The number of rotatable bonds is 1. The number of hydrogen-bond donors (Lipinski definition) is 1. The number of nitrogen functional groups attached to an aromatic ring is 1. The Bertz CT molecular complexity index is 481. The van der Waals surface area contributed by atoms with E-state index in [2.05, 4.69) is 37.6 Å². The zero-order valence-electron chi connectivity index (χ0n) is 9.96. The third-order valence-corrected chi connectivity index (χ3v) is 3.29. The van der Waals surface area contributed by atoms with E-state index in [1.54, 1.807) is 6.07 Å². The second-order valence-corrected chi connectivity index (χ2v) is 10.4. The zero-order chi connectivity index (χ0) is 12.2. The van der Waals surface area contributed by atoms with Crippen LogP contribution in [0.5, 0.6) is 0 Å². The van der Waals surface area contributed by atoms with Gasteiger partial charge in [-0.3, -0.25) is 0 Å². The Balaban J connectivity index is 2.99. The van der Waals surface area contributed by atoms with Crippen molar-refractivity contribution in [2.75, 3.05) is 5.73 Å². The van der Waals surface area contributed by atoms with Crippen molar-refractivity contribution in [3.63, 3.8) is 0 Å². The van der Waals surface area contributed by atoms with E-state index in [0.717, 1.165) is 11.6 Å². The lowest BCUT2D eigenvalue weighted by Gasteiger charge is -2.09. The molecule has 0 saturated heterocycles. The van der Waals surface area contributed by atoms with E-state index in [9.17, 15) is 0 Å². The average molecular weight is 228 g/mol. The van der Waals surface area contributed by atoms with Crippen LogP contribution in [-0.4, -0.2) is 8.07 Å². The quantitative estimate of drug-likeness (QED) is 0.456. The van der Waals surface area contributed by atoms with Gasteiger partial charge in [0.2, 0.25) is 0 Å². The van der Waals surface area contributed by atoms with Crippen molar-refractivity contribution in [3.8, 4) is 17.9 Å². The summed E-state index contributed by atoms with van der Waals surface area (Å²) < 4.78 is 0. The van der Waals surface area contributed by atoms with E-state index >= 15 is 0 Å². The fourth-order valence-corrected chi connectivity index (χ4v) is 1.82. The number of nitrogens with two attached hydrogens (primary N) is 1. The van der Waals surface area contributed by atoms with Gasteiger partial charge < -0.3 is 5.73 Å². The number of nitriles is 1. The molecule has 0 atom stereocenters. The van der Waals surface area contributed by atoms with Gasteiger partial charge in [0.25, 0.3) is 0 Å². The van der Waals surface area contributed by atoms with Crippen LogP contribution < -0.4 is 5.73 Å². The minimum absolute atomic E-state index is 0.491. The van der Waals surface area contributed by atoms with E-state index in [-0.39, 0.29) is 0 Å². The monoisotopic (exact) mass is 228 g/mol. The van der Waals surface area contributed by atoms with Gasteiger partial charge in [-0.25, -0.2) is 0 Å². The summed E-state index contributed by atoms with van der Waals surface area (Å²) in [6.45, 7) is 6.81. The third kappa shape index (κ3) is 3.45. The fourth-order valence-electron chi connectivity index (χ4n) is 1.20. The maximum Gasteiger partial charge on any atom is 0.103 e. The van der Waals surface area contributed by atoms with Crippen LogP contribution in [0.2, 0.25) is 25.7 Å². The lowest BCUT2D eigenvalue weighted by Crippen LogP contribution is -2.17. The second-order valence-electron chi connectivity index (χ2n) is 4.92. The van der Waals surface area contributed by atoms with Gasteiger partial charge in [0.15, 0.2) is 0 Å². The Kier molecular flexibility index (Phi) is 3.76. The number of nitrogens with zero attached hydrogens (tertiary/aromatic N) is 1. The van der Waals surface area contributed by atoms with Crippen LogP contribution in [0.15, 0.2) is 18.2 Å². The van der Waals surface area contributed by atoms with Crippen LogP contribution in [0.4, 0.5) is 5.69 Å².